The number of carbonyl (C=O) groups excluding carboxylic acids is 2. The fraction of sp³-hybridized carbons (Fsp3) is 0.200. The fourth-order valence-electron chi connectivity index (χ4n) is 1.71. The van der Waals surface area contributed by atoms with Gasteiger partial charge in [0.05, 0.1) is 0 Å². The van der Waals surface area contributed by atoms with Crippen LogP contribution in [0.15, 0.2) is 30.3 Å². The lowest BCUT2D eigenvalue weighted by Crippen LogP contribution is -2.55. The van der Waals surface area contributed by atoms with Crippen molar-refractivity contribution < 1.29 is 22.8 Å². The van der Waals surface area contributed by atoms with E-state index in [9.17, 15) is 22.8 Å². The third-order valence-corrected chi connectivity index (χ3v) is 2.50. The summed E-state index contributed by atoms with van der Waals surface area (Å²) in [5.74, 6) is -1.42. The van der Waals surface area contributed by atoms with Crippen molar-refractivity contribution in [3.8, 4) is 0 Å². The van der Waals surface area contributed by atoms with E-state index in [0.29, 0.717) is 0 Å². The highest BCUT2D eigenvalue weighted by atomic mass is 19.4. The summed E-state index contributed by atoms with van der Waals surface area (Å²) in [6.07, 6.45) is -4.91. The zero-order valence-corrected chi connectivity index (χ0v) is 8.34. The molecule has 4 nitrogen and oxygen atoms in total. The van der Waals surface area contributed by atoms with Crippen LogP contribution in [0.5, 0.6) is 0 Å². The second-order valence-electron chi connectivity index (χ2n) is 3.52. The van der Waals surface area contributed by atoms with Gasteiger partial charge in [0.1, 0.15) is 0 Å². The van der Waals surface area contributed by atoms with Crippen LogP contribution in [-0.4, -0.2) is 18.1 Å². The molecule has 1 aromatic carbocycles. The first-order valence-corrected chi connectivity index (χ1v) is 4.64. The highest BCUT2D eigenvalue weighted by Gasteiger charge is 2.66. The number of nitrogens with one attached hydrogen (secondary N) is 2. The van der Waals surface area contributed by atoms with E-state index in [1.807, 2.05) is 0 Å². The van der Waals surface area contributed by atoms with Crippen LogP contribution in [0.1, 0.15) is 5.56 Å². The molecule has 1 heterocycles. The Morgan fingerprint density at radius 3 is 2.06 bits per heavy atom. The first-order chi connectivity index (χ1) is 7.88. The molecule has 90 valence electrons. The minimum atomic E-state index is -4.91. The average molecular weight is 244 g/mol. The Hall–Kier alpha value is -2.05. The first kappa shape index (κ1) is 11.4. The summed E-state index contributed by atoms with van der Waals surface area (Å²) < 4.78 is 39.1. The molecule has 0 saturated carbocycles. The highest BCUT2D eigenvalue weighted by molar-refractivity contribution is 6.08. The zero-order valence-electron chi connectivity index (χ0n) is 8.34. The molecule has 2 rings (SSSR count). The summed E-state index contributed by atoms with van der Waals surface area (Å²) in [7, 11) is 0. The van der Waals surface area contributed by atoms with Crippen molar-refractivity contribution in [3.63, 3.8) is 0 Å². The number of amides is 3. The zero-order chi connectivity index (χ0) is 12.7. The molecule has 1 aliphatic rings. The van der Waals surface area contributed by atoms with Gasteiger partial charge in [-0.3, -0.25) is 10.1 Å². The molecule has 1 unspecified atom stereocenters. The van der Waals surface area contributed by atoms with Gasteiger partial charge in [0.15, 0.2) is 0 Å². The topological polar surface area (TPSA) is 58.2 Å². The third-order valence-electron chi connectivity index (χ3n) is 2.50. The minimum Gasteiger partial charge on any atom is -0.312 e. The summed E-state index contributed by atoms with van der Waals surface area (Å²) in [6, 6.07) is 5.36. The number of urea groups is 1. The van der Waals surface area contributed by atoms with Gasteiger partial charge >= 0.3 is 12.2 Å². The van der Waals surface area contributed by atoms with E-state index >= 15 is 0 Å². The van der Waals surface area contributed by atoms with Gasteiger partial charge in [-0.1, -0.05) is 30.3 Å². The lowest BCUT2D eigenvalue weighted by molar-refractivity contribution is -0.195. The van der Waals surface area contributed by atoms with Gasteiger partial charge in [-0.15, -0.1) is 0 Å². The molecule has 2 N–H and O–H groups in total. The van der Waals surface area contributed by atoms with Crippen LogP contribution >= 0.6 is 0 Å². The normalized spacial score (nSPS) is 24.4. The Labute approximate surface area is 93.8 Å². The van der Waals surface area contributed by atoms with Crippen molar-refractivity contribution in [2.75, 3.05) is 0 Å². The Morgan fingerprint density at radius 1 is 1.06 bits per heavy atom. The Bertz CT molecular complexity index is 472. The summed E-state index contributed by atoms with van der Waals surface area (Å²) in [5.41, 5.74) is -3.32. The average Bonchev–Trinajstić information content (AvgIpc) is 2.55. The smallest absolute Gasteiger partial charge is 0.312 e. The Morgan fingerprint density at radius 2 is 1.65 bits per heavy atom. The number of hydrogen-bond donors (Lipinski definition) is 2. The number of rotatable bonds is 1. The quantitative estimate of drug-likeness (QED) is 0.731. The number of alkyl halides is 3. The molecule has 0 aromatic heterocycles. The fourth-order valence-corrected chi connectivity index (χ4v) is 1.71. The maximum Gasteiger partial charge on any atom is 0.425 e. The van der Waals surface area contributed by atoms with Gasteiger partial charge in [-0.2, -0.15) is 13.2 Å². The molecule has 3 amide bonds. The maximum atomic E-state index is 13.0. The number of carbonyl (C=O) groups is 2. The molecule has 1 aromatic rings. The second-order valence-corrected chi connectivity index (χ2v) is 3.52. The number of imide groups is 1. The van der Waals surface area contributed by atoms with Crippen LogP contribution in [0.25, 0.3) is 0 Å². The van der Waals surface area contributed by atoms with Gasteiger partial charge in [-0.05, 0) is 5.56 Å². The molecule has 1 aliphatic heterocycles. The minimum absolute atomic E-state index is 0.323. The van der Waals surface area contributed by atoms with Crippen LogP contribution in [0.2, 0.25) is 0 Å². The summed E-state index contributed by atoms with van der Waals surface area (Å²) in [5, 5.41) is 3.25. The molecular formula is C10H7F3N2O2. The molecule has 1 saturated heterocycles. The predicted molar refractivity (Wildman–Crippen MR) is 50.8 cm³/mol. The van der Waals surface area contributed by atoms with Gasteiger partial charge < -0.3 is 5.32 Å². The van der Waals surface area contributed by atoms with Gasteiger partial charge in [0.2, 0.25) is 5.54 Å². The Kier molecular flexibility index (Phi) is 2.34. The summed E-state index contributed by atoms with van der Waals surface area (Å²) >= 11 is 0. The van der Waals surface area contributed by atoms with Crippen molar-refractivity contribution in [2.24, 2.45) is 0 Å². The highest BCUT2D eigenvalue weighted by Crippen LogP contribution is 2.40. The van der Waals surface area contributed by atoms with Crippen molar-refractivity contribution in [1.82, 2.24) is 10.6 Å². The molecule has 1 atom stereocenters. The van der Waals surface area contributed by atoms with Crippen LogP contribution < -0.4 is 10.6 Å². The van der Waals surface area contributed by atoms with Gasteiger partial charge in [-0.25, -0.2) is 4.79 Å². The number of hydrogen-bond acceptors (Lipinski definition) is 2. The lowest BCUT2D eigenvalue weighted by Gasteiger charge is -2.28. The summed E-state index contributed by atoms with van der Waals surface area (Å²) in [4.78, 5) is 22.4. The molecule has 17 heavy (non-hydrogen) atoms. The Balaban J connectivity index is 2.61. The predicted octanol–water partition coefficient (Wildman–Crippen LogP) is 1.28. The molecule has 1 fully saturated rings. The molecule has 0 spiro atoms. The monoisotopic (exact) mass is 244 g/mol. The van der Waals surface area contributed by atoms with E-state index < -0.39 is 23.7 Å². The number of benzene rings is 1. The maximum absolute atomic E-state index is 13.0. The van der Waals surface area contributed by atoms with Crippen molar-refractivity contribution in [3.05, 3.63) is 35.9 Å². The third kappa shape index (κ3) is 1.54. The van der Waals surface area contributed by atoms with Crippen LogP contribution in [-0.2, 0) is 10.3 Å². The molecule has 7 heteroatoms. The first-order valence-electron chi connectivity index (χ1n) is 4.64. The van der Waals surface area contributed by atoms with Crippen LogP contribution in [0.4, 0.5) is 18.0 Å². The van der Waals surface area contributed by atoms with E-state index in [1.165, 1.54) is 18.2 Å². The number of halogens is 3. The van der Waals surface area contributed by atoms with Gasteiger partial charge in [0, 0.05) is 0 Å². The SMILES string of the molecule is O=C1NC(=O)C(c2ccccc2)(C(F)(F)F)N1. The molecule has 0 radical (unpaired) electrons. The van der Waals surface area contributed by atoms with Gasteiger partial charge in [0.25, 0.3) is 5.91 Å². The molecule has 0 bridgehead atoms. The molecular weight excluding hydrogens is 237 g/mol. The van der Waals surface area contributed by atoms with E-state index in [0.717, 1.165) is 12.1 Å². The van der Waals surface area contributed by atoms with E-state index in [4.69, 9.17) is 0 Å². The largest absolute Gasteiger partial charge is 0.425 e. The molecule has 0 aliphatic carbocycles. The summed E-state index contributed by atoms with van der Waals surface area (Å²) in [6.45, 7) is 0. The van der Waals surface area contributed by atoms with E-state index in [1.54, 1.807) is 10.6 Å². The van der Waals surface area contributed by atoms with Crippen molar-refractivity contribution in [1.29, 1.82) is 0 Å². The van der Waals surface area contributed by atoms with Crippen molar-refractivity contribution in [2.45, 2.75) is 11.7 Å². The van der Waals surface area contributed by atoms with Crippen molar-refractivity contribution >= 4 is 11.9 Å². The van der Waals surface area contributed by atoms with E-state index in [2.05, 4.69) is 0 Å². The second kappa shape index (κ2) is 3.47. The lowest BCUT2D eigenvalue weighted by atomic mass is 9.89. The van der Waals surface area contributed by atoms with Crippen LogP contribution in [0.3, 0.4) is 0 Å². The van der Waals surface area contributed by atoms with E-state index in [-0.39, 0.29) is 5.56 Å². The standard InChI is InChI=1S/C10H7F3N2O2/c11-10(12,13)9(6-4-2-1-3-5-6)7(16)14-8(17)15-9/h1-5H,(H2,14,15,16,17). The van der Waals surface area contributed by atoms with Crippen LogP contribution in [0, 0.1) is 0 Å².